The molecule has 4 rings (SSSR count). The first-order valence-corrected chi connectivity index (χ1v) is 9.23. The fraction of sp³-hybridized carbons (Fsp3) is 0.412. The van der Waals surface area contributed by atoms with E-state index in [1.54, 1.807) is 24.3 Å². The number of fused-ring (bicyclic) bond motifs is 1. The van der Waals surface area contributed by atoms with Crippen LogP contribution < -0.4 is 5.56 Å². The molecule has 4 heterocycles. The van der Waals surface area contributed by atoms with Gasteiger partial charge in [0.2, 0.25) is 5.91 Å². The number of aryl methyl sites for hydroxylation is 1. The Morgan fingerprint density at radius 1 is 1.44 bits per heavy atom. The molecule has 1 atom stereocenters. The zero-order valence-electron chi connectivity index (χ0n) is 13.9. The van der Waals surface area contributed by atoms with Crippen LogP contribution in [0.1, 0.15) is 36.0 Å². The van der Waals surface area contributed by atoms with Crippen LogP contribution in [0.4, 0.5) is 0 Å². The summed E-state index contributed by atoms with van der Waals surface area (Å²) in [4.78, 5) is 38.7. The number of carbonyl (C=O) groups is 1. The molecule has 1 saturated heterocycles. The van der Waals surface area contributed by atoms with Gasteiger partial charge < -0.3 is 9.88 Å². The first-order chi connectivity index (χ1) is 12.1. The lowest BCUT2D eigenvalue weighted by Gasteiger charge is -2.32. The fourth-order valence-corrected chi connectivity index (χ4v) is 4.10. The van der Waals surface area contributed by atoms with E-state index < -0.39 is 0 Å². The average Bonchev–Trinajstić information content (AvgIpc) is 3.15. The summed E-state index contributed by atoms with van der Waals surface area (Å²) < 4.78 is 1.94. The van der Waals surface area contributed by atoms with Gasteiger partial charge in [-0.05, 0) is 19.8 Å². The Morgan fingerprint density at radius 2 is 2.32 bits per heavy atom. The second-order valence-corrected chi connectivity index (χ2v) is 7.31. The van der Waals surface area contributed by atoms with Crippen molar-refractivity contribution in [3.8, 4) is 0 Å². The Balaban J connectivity index is 1.47. The van der Waals surface area contributed by atoms with Gasteiger partial charge in [-0.2, -0.15) is 0 Å². The first-order valence-electron chi connectivity index (χ1n) is 8.35. The van der Waals surface area contributed by atoms with Crippen LogP contribution in [0, 0.1) is 6.92 Å². The van der Waals surface area contributed by atoms with Gasteiger partial charge in [0, 0.05) is 42.8 Å². The fourth-order valence-electron chi connectivity index (χ4n) is 3.38. The first kappa shape index (κ1) is 16.0. The number of aromatic nitrogens is 4. The lowest BCUT2D eigenvalue weighted by molar-refractivity contribution is -0.131. The second kappa shape index (κ2) is 6.44. The third kappa shape index (κ3) is 3.34. The number of nitrogens with one attached hydrogen (secondary N) is 1. The predicted molar refractivity (Wildman–Crippen MR) is 94.9 cm³/mol. The average molecular weight is 357 g/mol. The molecular weight excluding hydrogens is 338 g/mol. The monoisotopic (exact) mass is 357 g/mol. The predicted octanol–water partition coefficient (Wildman–Crippen LogP) is 1.74. The van der Waals surface area contributed by atoms with Crippen LogP contribution in [0.2, 0.25) is 0 Å². The van der Waals surface area contributed by atoms with Crippen molar-refractivity contribution in [2.75, 3.05) is 13.1 Å². The number of imidazole rings is 1. The van der Waals surface area contributed by atoms with Crippen LogP contribution in [0.3, 0.4) is 0 Å². The molecule has 0 aliphatic carbocycles. The normalized spacial score (nSPS) is 18.0. The number of H-pyrrole nitrogens is 1. The van der Waals surface area contributed by atoms with Gasteiger partial charge in [0.25, 0.3) is 5.56 Å². The topological polar surface area (TPSA) is 83.4 Å². The van der Waals surface area contributed by atoms with Crippen LogP contribution in [0.15, 0.2) is 28.6 Å². The number of amides is 1. The Labute approximate surface area is 148 Å². The number of rotatable bonds is 3. The van der Waals surface area contributed by atoms with E-state index in [2.05, 4.69) is 15.0 Å². The molecular formula is C17H19N5O2S. The quantitative estimate of drug-likeness (QED) is 0.774. The number of piperidine rings is 1. The number of carbonyl (C=O) groups excluding carboxylic acids is 1. The largest absolute Gasteiger partial charge is 0.342 e. The number of hydrogen-bond donors (Lipinski definition) is 1. The van der Waals surface area contributed by atoms with Gasteiger partial charge in [0.05, 0.1) is 17.8 Å². The van der Waals surface area contributed by atoms with Crippen LogP contribution in [-0.2, 0) is 11.2 Å². The van der Waals surface area contributed by atoms with Gasteiger partial charge in [0.1, 0.15) is 5.82 Å². The SMILES string of the molecule is Cc1nc(C2CCCN(C(=O)Cc3cn4ccsc4n3)C2)cc(=O)[nH]1. The minimum atomic E-state index is -0.135. The summed E-state index contributed by atoms with van der Waals surface area (Å²) in [6, 6.07) is 1.55. The molecule has 0 saturated carbocycles. The van der Waals surface area contributed by atoms with Crippen molar-refractivity contribution in [3.63, 3.8) is 0 Å². The molecule has 1 aliphatic heterocycles. The maximum Gasteiger partial charge on any atom is 0.251 e. The molecule has 0 bridgehead atoms. The van der Waals surface area contributed by atoms with Gasteiger partial charge in [-0.25, -0.2) is 9.97 Å². The third-order valence-corrected chi connectivity index (χ3v) is 5.32. The van der Waals surface area contributed by atoms with Crippen molar-refractivity contribution < 1.29 is 4.79 Å². The van der Waals surface area contributed by atoms with Crippen molar-refractivity contribution in [2.45, 2.75) is 32.1 Å². The number of aromatic amines is 1. The Morgan fingerprint density at radius 3 is 3.12 bits per heavy atom. The summed E-state index contributed by atoms with van der Waals surface area (Å²) in [5, 5.41) is 1.97. The van der Waals surface area contributed by atoms with Crippen molar-refractivity contribution in [3.05, 3.63) is 51.4 Å². The molecule has 1 aliphatic rings. The molecule has 1 fully saturated rings. The number of hydrogen-bond acceptors (Lipinski definition) is 5. The molecule has 25 heavy (non-hydrogen) atoms. The molecule has 8 heteroatoms. The zero-order valence-corrected chi connectivity index (χ0v) is 14.8. The Hall–Kier alpha value is -2.48. The van der Waals surface area contributed by atoms with Crippen LogP contribution in [0.5, 0.6) is 0 Å². The molecule has 130 valence electrons. The van der Waals surface area contributed by atoms with Crippen LogP contribution in [0.25, 0.3) is 4.96 Å². The highest BCUT2D eigenvalue weighted by molar-refractivity contribution is 7.15. The van der Waals surface area contributed by atoms with E-state index in [9.17, 15) is 9.59 Å². The smallest absolute Gasteiger partial charge is 0.251 e. The summed E-state index contributed by atoms with van der Waals surface area (Å²) in [7, 11) is 0. The van der Waals surface area contributed by atoms with E-state index in [1.807, 2.05) is 27.1 Å². The van der Waals surface area contributed by atoms with E-state index >= 15 is 0 Å². The molecule has 3 aromatic rings. The third-order valence-electron chi connectivity index (χ3n) is 4.55. The molecule has 0 radical (unpaired) electrons. The number of likely N-dealkylation sites (tertiary alicyclic amines) is 1. The van der Waals surface area contributed by atoms with Crippen LogP contribution in [-0.4, -0.2) is 43.2 Å². The summed E-state index contributed by atoms with van der Waals surface area (Å²) in [5.74, 6) is 0.810. The highest BCUT2D eigenvalue weighted by atomic mass is 32.1. The van der Waals surface area contributed by atoms with Crippen molar-refractivity contribution >= 4 is 22.2 Å². The summed E-state index contributed by atoms with van der Waals surface area (Å²) in [5.41, 5.74) is 1.44. The van der Waals surface area contributed by atoms with Gasteiger partial charge in [-0.1, -0.05) is 0 Å². The maximum atomic E-state index is 12.7. The van der Waals surface area contributed by atoms with E-state index in [0.717, 1.165) is 35.7 Å². The van der Waals surface area contributed by atoms with Crippen molar-refractivity contribution in [1.82, 2.24) is 24.3 Å². The molecule has 0 aromatic carbocycles. The summed E-state index contributed by atoms with van der Waals surface area (Å²) in [6.07, 6.45) is 6.02. The van der Waals surface area contributed by atoms with E-state index in [4.69, 9.17) is 0 Å². The molecule has 1 amide bonds. The van der Waals surface area contributed by atoms with Crippen molar-refractivity contribution in [1.29, 1.82) is 0 Å². The van der Waals surface area contributed by atoms with E-state index in [-0.39, 0.29) is 17.4 Å². The molecule has 3 aromatic heterocycles. The molecule has 0 spiro atoms. The van der Waals surface area contributed by atoms with Gasteiger partial charge in [0.15, 0.2) is 4.96 Å². The van der Waals surface area contributed by atoms with Gasteiger partial charge in [-0.3, -0.25) is 14.0 Å². The highest BCUT2D eigenvalue weighted by Crippen LogP contribution is 2.25. The van der Waals surface area contributed by atoms with Gasteiger partial charge in [-0.15, -0.1) is 11.3 Å². The summed E-state index contributed by atoms with van der Waals surface area (Å²) in [6.45, 7) is 3.14. The van der Waals surface area contributed by atoms with Crippen molar-refractivity contribution in [2.24, 2.45) is 0 Å². The number of thiazole rings is 1. The molecule has 7 nitrogen and oxygen atoms in total. The van der Waals surface area contributed by atoms with E-state index in [0.29, 0.717) is 18.8 Å². The zero-order chi connectivity index (χ0) is 17.4. The second-order valence-electron chi connectivity index (χ2n) is 6.44. The Bertz CT molecular complexity index is 944. The minimum Gasteiger partial charge on any atom is -0.342 e. The van der Waals surface area contributed by atoms with E-state index in [1.165, 1.54) is 0 Å². The maximum absolute atomic E-state index is 12.7. The standard InChI is InChI=1S/C17H19N5O2S/c1-11-18-14(8-15(23)19-11)12-3-2-4-21(9-12)16(24)7-13-10-22-5-6-25-17(22)20-13/h5-6,8,10,12H,2-4,7,9H2,1H3,(H,18,19,23). The minimum absolute atomic E-state index is 0.0806. The molecule has 1 N–H and O–H groups in total. The Kier molecular flexibility index (Phi) is 4.12. The lowest BCUT2D eigenvalue weighted by atomic mass is 9.94. The van der Waals surface area contributed by atoms with Crippen LogP contribution >= 0.6 is 11.3 Å². The number of nitrogens with zero attached hydrogens (tertiary/aromatic N) is 4. The summed E-state index contributed by atoms with van der Waals surface area (Å²) >= 11 is 1.56. The van der Waals surface area contributed by atoms with Gasteiger partial charge >= 0.3 is 0 Å². The lowest BCUT2D eigenvalue weighted by Crippen LogP contribution is -2.40. The highest BCUT2D eigenvalue weighted by Gasteiger charge is 2.26. The molecule has 1 unspecified atom stereocenters.